The first-order chi connectivity index (χ1) is 10.8. The van der Waals surface area contributed by atoms with Crippen LogP contribution in [0.15, 0.2) is 54.6 Å². The zero-order chi connectivity index (χ0) is 15.2. The lowest BCUT2D eigenvalue weighted by Gasteiger charge is -2.15. The highest BCUT2D eigenvalue weighted by Crippen LogP contribution is 2.21. The van der Waals surface area contributed by atoms with E-state index in [9.17, 15) is 5.11 Å². The van der Waals surface area contributed by atoms with Crippen molar-refractivity contribution < 1.29 is 9.84 Å². The molecule has 1 heterocycles. The number of aliphatic hydroxyl groups is 1. The number of hydrogen-bond donors (Lipinski definition) is 2. The smallest absolute Gasteiger partial charge is 0.122 e. The second kappa shape index (κ2) is 7.43. The molecular formula is C19H23NO2. The summed E-state index contributed by atoms with van der Waals surface area (Å²) in [4.78, 5) is 0. The Hall–Kier alpha value is -1.84. The molecule has 1 aliphatic rings. The molecule has 0 spiro atoms. The highest BCUT2D eigenvalue weighted by atomic mass is 16.5. The molecule has 2 atom stereocenters. The van der Waals surface area contributed by atoms with Gasteiger partial charge in [0.2, 0.25) is 0 Å². The SMILES string of the molecule is O[C@H]1CNC(COc2ccccc2CCc2ccccc2)C1. The molecule has 0 saturated carbocycles. The van der Waals surface area contributed by atoms with Crippen LogP contribution in [0.3, 0.4) is 0 Å². The molecule has 3 heteroatoms. The maximum atomic E-state index is 9.54. The van der Waals surface area contributed by atoms with Crippen LogP contribution in [0.5, 0.6) is 5.75 Å². The number of aryl methyl sites for hydroxylation is 2. The second-order valence-electron chi connectivity index (χ2n) is 5.90. The Labute approximate surface area is 131 Å². The number of para-hydroxylation sites is 1. The van der Waals surface area contributed by atoms with Crippen molar-refractivity contribution in [1.29, 1.82) is 0 Å². The van der Waals surface area contributed by atoms with Crippen LogP contribution >= 0.6 is 0 Å². The van der Waals surface area contributed by atoms with Gasteiger partial charge >= 0.3 is 0 Å². The fourth-order valence-electron chi connectivity index (χ4n) is 2.89. The lowest BCUT2D eigenvalue weighted by molar-refractivity contribution is 0.187. The van der Waals surface area contributed by atoms with E-state index in [4.69, 9.17) is 4.74 Å². The first-order valence-corrected chi connectivity index (χ1v) is 7.97. The average molecular weight is 297 g/mol. The molecule has 1 aliphatic heterocycles. The standard InChI is InChI=1S/C19H23NO2/c21-18-12-17(20-13-18)14-22-19-9-5-4-8-16(19)11-10-15-6-2-1-3-7-15/h1-9,17-18,20-21H,10-14H2/t17?,18-/m1/s1. The summed E-state index contributed by atoms with van der Waals surface area (Å²) >= 11 is 0. The van der Waals surface area contributed by atoms with Crippen LogP contribution in [0.4, 0.5) is 0 Å². The summed E-state index contributed by atoms with van der Waals surface area (Å²) < 4.78 is 5.98. The van der Waals surface area contributed by atoms with Crippen molar-refractivity contribution in [1.82, 2.24) is 5.32 Å². The van der Waals surface area contributed by atoms with Crippen molar-refractivity contribution in [2.75, 3.05) is 13.2 Å². The first kappa shape index (κ1) is 15.1. The van der Waals surface area contributed by atoms with Gasteiger partial charge in [0.1, 0.15) is 12.4 Å². The van der Waals surface area contributed by atoms with Gasteiger partial charge in [-0.15, -0.1) is 0 Å². The maximum absolute atomic E-state index is 9.54. The lowest BCUT2D eigenvalue weighted by Crippen LogP contribution is -2.28. The average Bonchev–Trinajstić information content (AvgIpc) is 2.98. The van der Waals surface area contributed by atoms with Crippen LogP contribution < -0.4 is 10.1 Å². The summed E-state index contributed by atoms with van der Waals surface area (Å²) in [6.07, 6.45) is 2.52. The number of nitrogens with one attached hydrogen (secondary N) is 1. The van der Waals surface area contributed by atoms with Crippen LogP contribution in [0.1, 0.15) is 17.5 Å². The van der Waals surface area contributed by atoms with Gasteiger partial charge in [0, 0.05) is 12.6 Å². The van der Waals surface area contributed by atoms with Gasteiger partial charge in [0.25, 0.3) is 0 Å². The number of aliphatic hydroxyl groups excluding tert-OH is 1. The number of ether oxygens (including phenoxy) is 1. The van der Waals surface area contributed by atoms with Crippen LogP contribution in [-0.4, -0.2) is 30.4 Å². The molecule has 1 unspecified atom stereocenters. The Morgan fingerprint density at radius 1 is 1.00 bits per heavy atom. The largest absolute Gasteiger partial charge is 0.492 e. The lowest BCUT2D eigenvalue weighted by atomic mass is 10.0. The Morgan fingerprint density at radius 3 is 2.55 bits per heavy atom. The normalized spacial score (nSPS) is 21.0. The van der Waals surface area contributed by atoms with Crippen LogP contribution in [0, 0.1) is 0 Å². The van der Waals surface area contributed by atoms with E-state index < -0.39 is 0 Å². The number of rotatable bonds is 6. The third kappa shape index (κ3) is 4.09. The van der Waals surface area contributed by atoms with E-state index >= 15 is 0 Å². The molecule has 2 aromatic carbocycles. The Balaban J connectivity index is 1.57. The van der Waals surface area contributed by atoms with Gasteiger partial charge in [-0.25, -0.2) is 0 Å². The van der Waals surface area contributed by atoms with Gasteiger partial charge in [-0.1, -0.05) is 48.5 Å². The van der Waals surface area contributed by atoms with Gasteiger partial charge in [-0.2, -0.15) is 0 Å². The quantitative estimate of drug-likeness (QED) is 0.861. The van der Waals surface area contributed by atoms with E-state index in [1.165, 1.54) is 11.1 Å². The molecule has 0 bridgehead atoms. The zero-order valence-corrected chi connectivity index (χ0v) is 12.7. The van der Waals surface area contributed by atoms with E-state index in [0.717, 1.165) is 25.0 Å². The second-order valence-corrected chi connectivity index (χ2v) is 5.90. The van der Waals surface area contributed by atoms with Crippen LogP contribution in [0.2, 0.25) is 0 Å². The van der Waals surface area contributed by atoms with E-state index in [0.29, 0.717) is 13.2 Å². The van der Waals surface area contributed by atoms with E-state index in [1.54, 1.807) is 0 Å². The van der Waals surface area contributed by atoms with Gasteiger partial charge in [0.05, 0.1) is 6.10 Å². The summed E-state index contributed by atoms with van der Waals surface area (Å²) in [5.74, 6) is 0.960. The first-order valence-electron chi connectivity index (χ1n) is 7.97. The molecule has 3 rings (SSSR count). The van der Waals surface area contributed by atoms with Crippen LogP contribution in [-0.2, 0) is 12.8 Å². The van der Waals surface area contributed by atoms with E-state index in [2.05, 4.69) is 41.7 Å². The predicted octanol–water partition coefficient (Wildman–Crippen LogP) is 2.57. The zero-order valence-electron chi connectivity index (χ0n) is 12.7. The Kier molecular flexibility index (Phi) is 5.09. The number of hydrogen-bond acceptors (Lipinski definition) is 3. The van der Waals surface area contributed by atoms with Gasteiger partial charge in [-0.05, 0) is 36.5 Å². The molecule has 0 radical (unpaired) electrons. The topological polar surface area (TPSA) is 41.5 Å². The number of β-amino-alcohol motifs (C(OH)–C–C–N with tert-alkyl or cyclic N) is 1. The van der Waals surface area contributed by atoms with Gasteiger partial charge in [0.15, 0.2) is 0 Å². The fourth-order valence-corrected chi connectivity index (χ4v) is 2.89. The summed E-state index contributed by atoms with van der Waals surface area (Å²) in [6.45, 7) is 1.28. The van der Waals surface area contributed by atoms with Crippen molar-refractivity contribution in [2.45, 2.75) is 31.4 Å². The maximum Gasteiger partial charge on any atom is 0.122 e. The number of benzene rings is 2. The van der Waals surface area contributed by atoms with E-state index in [1.807, 2.05) is 18.2 Å². The summed E-state index contributed by atoms with van der Waals surface area (Å²) in [5.41, 5.74) is 2.59. The molecule has 0 aromatic heterocycles. The minimum Gasteiger partial charge on any atom is -0.492 e. The van der Waals surface area contributed by atoms with Crippen molar-refractivity contribution in [2.24, 2.45) is 0 Å². The molecule has 0 amide bonds. The summed E-state index contributed by atoms with van der Waals surface area (Å²) in [6, 6.07) is 19.0. The van der Waals surface area contributed by atoms with Crippen molar-refractivity contribution in [3.8, 4) is 5.75 Å². The highest BCUT2D eigenvalue weighted by Gasteiger charge is 2.22. The molecular weight excluding hydrogens is 274 g/mol. The summed E-state index contributed by atoms with van der Waals surface area (Å²) in [5, 5.41) is 12.8. The van der Waals surface area contributed by atoms with Crippen molar-refractivity contribution in [3.05, 3.63) is 65.7 Å². The third-order valence-corrected chi connectivity index (χ3v) is 4.14. The molecule has 116 valence electrons. The Morgan fingerprint density at radius 2 is 1.77 bits per heavy atom. The molecule has 3 nitrogen and oxygen atoms in total. The molecule has 1 fully saturated rings. The Bertz CT molecular complexity index is 585. The summed E-state index contributed by atoms with van der Waals surface area (Å²) in [7, 11) is 0. The minimum atomic E-state index is -0.234. The van der Waals surface area contributed by atoms with Gasteiger partial charge in [-0.3, -0.25) is 0 Å². The van der Waals surface area contributed by atoms with Crippen LogP contribution in [0.25, 0.3) is 0 Å². The molecule has 0 aliphatic carbocycles. The highest BCUT2D eigenvalue weighted by molar-refractivity contribution is 5.34. The molecule has 2 N–H and O–H groups in total. The van der Waals surface area contributed by atoms with E-state index in [-0.39, 0.29) is 12.1 Å². The van der Waals surface area contributed by atoms with Crippen molar-refractivity contribution >= 4 is 0 Å². The van der Waals surface area contributed by atoms with Crippen molar-refractivity contribution in [3.63, 3.8) is 0 Å². The molecule has 2 aromatic rings. The third-order valence-electron chi connectivity index (χ3n) is 4.14. The minimum absolute atomic E-state index is 0.234. The molecule has 22 heavy (non-hydrogen) atoms. The van der Waals surface area contributed by atoms with Gasteiger partial charge < -0.3 is 15.2 Å². The molecule has 1 saturated heterocycles. The predicted molar refractivity (Wildman–Crippen MR) is 88.2 cm³/mol. The fraction of sp³-hybridized carbons (Fsp3) is 0.368. The monoisotopic (exact) mass is 297 g/mol.